The monoisotopic (exact) mass is 237 g/mol. The predicted molar refractivity (Wildman–Crippen MR) is 61.1 cm³/mol. The summed E-state index contributed by atoms with van der Waals surface area (Å²) in [4.78, 5) is 12.4. The molecular weight excluding hydrogens is 226 g/mol. The van der Waals surface area contributed by atoms with E-state index in [1.807, 2.05) is 31.4 Å². The molecule has 0 aliphatic carbocycles. The van der Waals surface area contributed by atoms with Gasteiger partial charge < -0.3 is 5.32 Å². The second-order valence-electron chi connectivity index (χ2n) is 3.58. The maximum Gasteiger partial charge on any atom is 0.228 e. The number of rotatable bonds is 3. The van der Waals surface area contributed by atoms with Gasteiger partial charge in [-0.25, -0.2) is 4.63 Å². The lowest BCUT2D eigenvalue weighted by Crippen LogP contribution is -2.18. The molecule has 5 nitrogen and oxygen atoms in total. The van der Waals surface area contributed by atoms with Gasteiger partial charge in [0.15, 0.2) is 5.69 Å². The van der Waals surface area contributed by atoms with E-state index in [1.54, 1.807) is 0 Å². The van der Waals surface area contributed by atoms with Crippen LogP contribution in [0.3, 0.4) is 0 Å². The van der Waals surface area contributed by atoms with Crippen LogP contribution in [0.15, 0.2) is 22.1 Å². The van der Waals surface area contributed by atoms with Crippen molar-refractivity contribution in [2.45, 2.75) is 13.8 Å². The van der Waals surface area contributed by atoms with Gasteiger partial charge in [0.25, 0.3) is 0 Å². The molecule has 2 rings (SSSR count). The third-order valence-corrected chi connectivity index (χ3v) is 2.89. The third-order valence-electron chi connectivity index (χ3n) is 2.01. The highest BCUT2D eigenvalue weighted by Crippen LogP contribution is 2.28. The van der Waals surface area contributed by atoms with Gasteiger partial charge in [0.2, 0.25) is 11.7 Å². The maximum atomic E-state index is 11.5. The van der Waals surface area contributed by atoms with Crippen molar-refractivity contribution in [2.24, 2.45) is 5.92 Å². The van der Waals surface area contributed by atoms with E-state index in [2.05, 4.69) is 20.3 Å². The molecular formula is C10H11N3O2S. The van der Waals surface area contributed by atoms with Crippen LogP contribution in [0.4, 0.5) is 5.82 Å². The first-order valence-corrected chi connectivity index (χ1v) is 5.73. The van der Waals surface area contributed by atoms with Crippen LogP contribution >= 0.6 is 11.3 Å². The van der Waals surface area contributed by atoms with Crippen molar-refractivity contribution >= 4 is 23.1 Å². The molecule has 16 heavy (non-hydrogen) atoms. The second-order valence-corrected chi connectivity index (χ2v) is 4.53. The Morgan fingerprint density at radius 2 is 2.31 bits per heavy atom. The molecule has 0 aliphatic heterocycles. The molecule has 0 bridgehead atoms. The Labute approximate surface area is 96.4 Å². The first kappa shape index (κ1) is 10.8. The highest BCUT2D eigenvalue weighted by atomic mass is 32.1. The van der Waals surface area contributed by atoms with Crippen molar-refractivity contribution in [3.63, 3.8) is 0 Å². The molecule has 2 heterocycles. The van der Waals surface area contributed by atoms with Crippen molar-refractivity contribution in [1.29, 1.82) is 0 Å². The summed E-state index contributed by atoms with van der Waals surface area (Å²) in [5.74, 6) is 0.169. The largest absolute Gasteiger partial charge is 0.306 e. The highest BCUT2D eigenvalue weighted by Gasteiger charge is 2.16. The van der Waals surface area contributed by atoms with E-state index in [4.69, 9.17) is 0 Å². The number of hydrogen-bond acceptors (Lipinski definition) is 5. The summed E-state index contributed by atoms with van der Waals surface area (Å²) in [7, 11) is 0. The van der Waals surface area contributed by atoms with Gasteiger partial charge >= 0.3 is 0 Å². The molecule has 0 aliphatic rings. The average molecular weight is 237 g/mol. The molecule has 2 aromatic rings. The zero-order valence-electron chi connectivity index (χ0n) is 8.93. The molecule has 0 spiro atoms. The van der Waals surface area contributed by atoms with Crippen molar-refractivity contribution in [3.8, 4) is 10.6 Å². The van der Waals surface area contributed by atoms with E-state index < -0.39 is 0 Å². The molecule has 84 valence electrons. The summed E-state index contributed by atoms with van der Waals surface area (Å²) in [6.45, 7) is 3.63. The SMILES string of the molecule is CC(C)C(=O)Nc1nonc1-c1cccs1. The molecule has 1 N–H and O–H groups in total. The number of amides is 1. The maximum absolute atomic E-state index is 11.5. The van der Waals surface area contributed by atoms with Gasteiger partial charge in [-0.2, -0.15) is 0 Å². The lowest BCUT2D eigenvalue weighted by molar-refractivity contribution is -0.118. The van der Waals surface area contributed by atoms with E-state index in [0.717, 1.165) is 4.88 Å². The van der Waals surface area contributed by atoms with Crippen LogP contribution in [0.5, 0.6) is 0 Å². The van der Waals surface area contributed by atoms with E-state index >= 15 is 0 Å². The molecule has 2 aromatic heterocycles. The van der Waals surface area contributed by atoms with E-state index in [9.17, 15) is 4.79 Å². The summed E-state index contributed by atoms with van der Waals surface area (Å²) in [5.41, 5.74) is 0.573. The highest BCUT2D eigenvalue weighted by molar-refractivity contribution is 7.13. The number of thiophene rings is 1. The number of carbonyl (C=O) groups is 1. The molecule has 0 aromatic carbocycles. The minimum atomic E-state index is -0.104. The third kappa shape index (κ3) is 2.11. The molecule has 0 atom stereocenters. The van der Waals surface area contributed by atoms with Crippen LogP contribution in [0, 0.1) is 5.92 Å². The first-order valence-electron chi connectivity index (χ1n) is 4.86. The summed E-state index contributed by atoms with van der Waals surface area (Å²) < 4.78 is 4.64. The number of hydrogen-bond donors (Lipinski definition) is 1. The van der Waals surface area contributed by atoms with Crippen molar-refractivity contribution in [1.82, 2.24) is 10.3 Å². The Morgan fingerprint density at radius 1 is 1.50 bits per heavy atom. The van der Waals surface area contributed by atoms with E-state index in [0.29, 0.717) is 11.5 Å². The first-order chi connectivity index (χ1) is 7.68. The quantitative estimate of drug-likeness (QED) is 0.890. The van der Waals surface area contributed by atoms with Crippen LogP contribution in [-0.2, 0) is 4.79 Å². The minimum Gasteiger partial charge on any atom is -0.306 e. The van der Waals surface area contributed by atoms with Gasteiger partial charge in [0, 0.05) is 5.92 Å². The van der Waals surface area contributed by atoms with Gasteiger partial charge in [0.05, 0.1) is 4.88 Å². The predicted octanol–water partition coefficient (Wildman–Crippen LogP) is 2.39. The van der Waals surface area contributed by atoms with Crippen LogP contribution < -0.4 is 5.32 Å². The Hall–Kier alpha value is -1.69. The van der Waals surface area contributed by atoms with Gasteiger partial charge in [0.1, 0.15) is 0 Å². The van der Waals surface area contributed by atoms with Gasteiger partial charge in [-0.1, -0.05) is 19.9 Å². The molecule has 0 fully saturated rings. The van der Waals surface area contributed by atoms with E-state index in [1.165, 1.54) is 11.3 Å². The van der Waals surface area contributed by atoms with Crippen LogP contribution in [0.1, 0.15) is 13.8 Å². The zero-order valence-corrected chi connectivity index (χ0v) is 9.75. The fourth-order valence-electron chi connectivity index (χ4n) is 1.11. The lowest BCUT2D eigenvalue weighted by atomic mass is 10.2. The molecule has 0 radical (unpaired) electrons. The normalized spacial score (nSPS) is 10.7. The molecule has 0 unspecified atom stereocenters. The summed E-state index contributed by atoms with van der Waals surface area (Å²) >= 11 is 1.52. The second kappa shape index (κ2) is 4.44. The van der Waals surface area contributed by atoms with Crippen LogP contribution in [0.2, 0.25) is 0 Å². The molecule has 0 saturated heterocycles. The summed E-state index contributed by atoms with van der Waals surface area (Å²) in [6, 6.07) is 3.80. The molecule has 1 amide bonds. The van der Waals surface area contributed by atoms with Gasteiger partial charge in [-0.3, -0.25) is 4.79 Å². The summed E-state index contributed by atoms with van der Waals surface area (Å²) in [5, 5.41) is 12.1. The minimum absolute atomic E-state index is 0.103. The average Bonchev–Trinajstić information content (AvgIpc) is 2.85. The Balaban J connectivity index is 2.24. The number of nitrogens with one attached hydrogen (secondary N) is 1. The lowest BCUT2D eigenvalue weighted by Gasteiger charge is -2.04. The Bertz CT molecular complexity index is 476. The smallest absolute Gasteiger partial charge is 0.228 e. The van der Waals surface area contributed by atoms with E-state index in [-0.39, 0.29) is 11.8 Å². The summed E-state index contributed by atoms with van der Waals surface area (Å²) in [6.07, 6.45) is 0. The number of aromatic nitrogens is 2. The van der Waals surface area contributed by atoms with Crippen LogP contribution in [0.25, 0.3) is 10.6 Å². The standard InChI is InChI=1S/C10H11N3O2S/c1-6(2)10(14)11-9-8(12-15-13-9)7-4-3-5-16-7/h3-6H,1-2H3,(H,11,13,14). The number of nitrogens with zero attached hydrogens (tertiary/aromatic N) is 2. The Morgan fingerprint density at radius 3 is 2.94 bits per heavy atom. The van der Waals surface area contributed by atoms with Crippen molar-refractivity contribution in [3.05, 3.63) is 17.5 Å². The van der Waals surface area contributed by atoms with Gasteiger partial charge in [-0.05, 0) is 21.8 Å². The topological polar surface area (TPSA) is 68.0 Å². The number of anilines is 1. The fourth-order valence-corrected chi connectivity index (χ4v) is 1.81. The van der Waals surface area contributed by atoms with Crippen molar-refractivity contribution in [2.75, 3.05) is 5.32 Å². The zero-order chi connectivity index (χ0) is 11.5. The molecule has 6 heteroatoms. The number of carbonyl (C=O) groups excluding carboxylic acids is 1. The van der Waals surface area contributed by atoms with Crippen molar-refractivity contribution < 1.29 is 9.42 Å². The van der Waals surface area contributed by atoms with Gasteiger partial charge in [-0.15, -0.1) is 11.3 Å². The fraction of sp³-hybridized carbons (Fsp3) is 0.300. The van der Waals surface area contributed by atoms with Crippen LogP contribution in [-0.4, -0.2) is 16.2 Å². The molecule has 0 saturated carbocycles. The Kier molecular flexibility index (Phi) is 3.00.